The lowest BCUT2D eigenvalue weighted by Crippen LogP contribution is -2.49. The summed E-state index contributed by atoms with van der Waals surface area (Å²) in [6.07, 6.45) is 1.63. The Kier molecular flexibility index (Phi) is 2.14. The topological polar surface area (TPSA) is 44.2 Å². The Balaban J connectivity index is 2.22. The molecule has 4 nitrogen and oxygen atoms in total. The summed E-state index contributed by atoms with van der Waals surface area (Å²) in [6.45, 7) is 9.74. The number of fused-ring (bicyclic) bond motifs is 2. The summed E-state index contributed by atoms with van der Waals surface area (Å²) >= 11 is 0. The van der Waals surface area contributed by atoms with Gasteiger partial charge in [0.05, 0.1) is 24.5 Å². The van der Waals surface area contributed by atoms with Crippen molar-refractivity contribution in [1.29, 1.82) is 0 Å². The minimum atomic E-state index is -0.317. The van der Waals surface area contributed by atoms with Gasteiger partial charge in [-0.15, -0.1) is 0 Å². The molecule has 1 saturated heterocycles. The molecule has 17 heavy (non-hydrogen) atoms. The van der Waals surface area contributed by atoms with Gasteiger partial charge in [-0.1, -0.05) is 13.8 Å². The van der Waals surface area contributed by atoms with Crippen LogP contribution in [0.25, 0.3) is 0 Å². The van der Waals surface area contributed by atoms with Crippen LogP contribution in [0.2, 0.25) is 0 Å². The van der Waals surface area contributed by atoms with E-state index in [1.165, 1.54) is 5.56 Å². The molecule has 1 aromatic rings. The van der Waals surface area contributed by atoms with Crippen LogP contribution >= 0.6 is 0 Å². The van der Waals surface area contributed by atoms with Crippen LogP contribution in [0.3, 0.4) is 0 Å². The third-order valence-corrected chi connectivity index (χ3v) is 4.14. The molecule has 0 radical (unpaired) electrons. The highest BCUT2D eigenvalue weighted by molar-refractivity contribution is 5.40. The van der Waals surface area contributed by atoms with Crippen LogP contribution < -0.4 is 0 Å². The van der Waals surface area contributed by atoms with Crippen molar-refractivity contribution in [2.75, 3.05) is 13.2 Å². The van der Waals surface area contributed by atoms with Crippen molar-refractivity contribution in [1.82, 2.24) is 9.97 Å². The average Bonchev–Trinajstić information content (AvgIpc) is 2.51. The first kappa shape index (κ1) is 11.1. The zero-order valence-corrected chi connectivity index (χ0v) is 10.8. The molecule has 92 valence electrons. The summed E-state index contributed by atoms with van der Waals surface area (Å²) in [5.41, 5.74) is 2.60. The quantitative estimate of drug-likeness (QED) is 0.744. The molecular weight excluding hydrogens is 216 g/mol. The SMILES string of the molecule is Cc1ncnc2c1C(C)(C(C)C)OC21COC1. The lowest BCUT2D eigenvalue weighted by Gasteiger charge is -2.40. The van der Waals surface area contributed by atoms with Crippen LogP contribution in [0, 0.1) is 12.8 Å². The monoisotopic (exact) mass is 234 g/mol. The number of hydrogen-bond donors (Lipinski definition) is 0. The molecule has 0 saturated carbocycles. The Hall–Kier alpha value is -1.00. The van der Waals surface area contributed by atoms with Crippen LogP contribution in [0.15, 0.2) is 6.33 Å². The van der Waals surface area contributed by atoms with Crippen molar-refractivity contribution in [2.24, 2.45) is 5.92 Å². The normalized spacial score (nSPS) is 29.5. The molecule has 2 aliphatic rings. The van der Waals surface area contributed by atoms with Crippen molar-refractivity contribution in [3.8, 4) is 0 Å². The van der Waals surface area contributed by atoms with E-state index in [2.05, 4.69) is 30.7 Å². The van der Waals surface area contributed by atoms with Gasteiger partial charge in [0.1, 0.15) is 6.33 Å². The van der Waals surface area contributed by atoms with E-state index >= 15 is 0 Å². The van der Waals surface area contributed by atoms with Gasteiger partial charge in [0.15, 0.2) is 5.60 Å². The first-order valence-corrected chi connectivity index (χ1v) is 6.10. The maximum atomic E-state index is 6.36. The van der Waals surface area contributed by atoms with Crippen LogP contribution in [-0.4, -0.2) is 23.2 Å². The third-order valence-electron chi connectivity index (χ3n) is 4.14. The third kappa shape index (κ3) is 1.25. The van der Waals surface area contributed by atoms with E-state index in [1.807, 2.05) is 6.92 Å². The van der Waals surface area contributed by atoms with E-state index in [4.69, 9.17) is 9.47 Å². The molecule has 1 aromatic heterocycles. The van der Waals surface area contributed by atoms with Gasteiger partial charge in [-0.25, -0.2) is 9.97 Å². The van der Waals surface area contributed by atoms with Gasteiger partial charge in [0, 0.05) is 11.3 Å². The van der Waals surface area contributed by atoms with Crippen molar-refractivity contribution in [3.63, 3.8) is 0 Å². The fourth-order valence-corrected chi connectivity index (χ4v) is 2.81. The predicted octanol–water partition coefficient (Wildman–Crippen LogP) is 1.91. The second-order valence-electron chi connectivity index (χ2n) is 5.53. The summed E-state index contributed by atoms with van der Waals surface area (Å²) in [4.78, 5) is 8.78. The van der Waals surface area contributed by atoms with E-state index in [0.717, 1.165) is 11.4 Å². The highest BCUT2D eigenvalue weighted by Crippen LogP contribution is 2.53. The number of aryl methyl sites for hydroxylation is 1. The largest absolute Gasteiger partial charge is 0.374 e. The zero-order chi connectivity index (χ0) is 12.3. The molecule has 0 aromatic carbocycles. The molecule has 1 atom stereocenters. The van der Waals surface area contributed by atoms with E-state index in [1.54, 1.807) is 6.33 Å². The molecule has 2 aliphatic heterocycles. The van der Waals surface area contributed by atoms with Gasteiger partial charge >= 0.3 is 0 Å². The Bertz CT molecular complexity index is 468. The Morgan fingerprint density at radius 2 is 2.00 bits per heavy atom. The molecule has 0 N–H and O–H groups in total. The van der Waals surface area contributed by atoms with Gasteiger partial charge in [0.2, 0.25) is 0 Å². The molecule has 0 aliphatic carbocycles. The minimum absolute atomic E-state index is 0.301. The molecule has 3 heterocycles. The number of aromatic nitrogens is 2. The van der Waals surface area contributed by atoms with E-state index < -0.39 is 0 Å². The summed E-state index contributed by atoms with van der Waals surface area (Å²) in [5, 5.41) is 0. The van der Waals surface area contributed by atoms with E-state index in [-0.39, 0.29) is 11.2 Å². The van der Waals surface area contributed by atoms with Crippen LogP contribution in [0.5, 0.6) is 0 Å². The smallest absolute Gasteiger partial charge is 0.158 e. The Morgan fingerprint density at radius 1 is 1.29 bits per heavy atom. The molecule has 4 heteroatoms. The second kappa shape index (κ2) is 3.27. The highest BCUT2D eigenvalue weighted by Gasteiger charge is 2.58. The predicted molar refractivity (Wildman–Crippen MR) is 62.5 cm³/mol. The fourth-order valence-electron chi connectivity index (χ4n) is 2.81. The van der Waals surface area contributed by atoms with E-state index in [0.29, 0.717) is 19.1 Å². The molecule has 1 spiro atoms. The Morgan fingerprint density at radius 3 is 2.53 bits per heavy atom. The summed E-state index contributed by atoms with van der Waals surface area (Å²) in [6, 6.07) is 0. The highest BCUT2D eigenvalue weighted by atomic mass is 16.6. The molecule has 0 bridgehead atoms. The lowest BCUT2D eigenvalue weighted by molar-refractivity contribution is -0.261. The zero-order valence-electron chi connectivity index (χ0n) is 10.8. The number of hydrogen-bond acceptors (Lipinski definition) is 4. The van der Waals surface area contributed by atoms with Gasteiger partial charge in [-0.05, 0) is 19.8 Å². The van der Waals surface area contributed by atoms with Crippen LogP contribution in [0.4, 0.5) is 0 Å². The number of rotatable bonds is 1. The van der Waals surface area contributed by atoms with Gasteiger partial charge in [-0.3, -0.25) is 0 Å². The lowest BCUT2D eigenvalue weighted by atomic mass is 9.83. The molecule has 0 amide bonds. The van der Waals surface area contributed by atoms with Gasteiger partial charge in [0.25, 0.3) is 0 Å². The van der Waals surface area contributed by atoms with Gasteiger partial charge in [-0.2, -0.15) is 0 Å². The van der Waals surface area contributed by atoms with Crippen molar-refractivity contribution < 1.29 is 9.47 Å². The second-order valence-corrected chi connectivity index (χ2v) is 5.53. The minimum Gasteiger partial charge on any atom is -0.374 e. The number of nitrogens with zero attached hydrogens (tertiary/aromatic N) is 2. The molecular formula is C13H18N2O2. The van der Waals surface area contributed by atoms with E-state index in [9.17, 15) is 0 Å². The summed E-state index contributed by atoms with van der Waals surface area (Å²) in [5.74, 6) is 0.380. The van der Waals surface area contributed by atoms with Crippen LogP contribution in [-0.2, 0) is 20.7 Å². The maximum absolute atomic E-state index is 6.36. The fraction of sp³-hybridized carbons (Fsp3) is 0.692. The first-order chi connectivity index (χ1) is 8.00. The maximum Gasteiger partial charge on any atom is 0.158 e. The first-order valence-electron chi connectivity index (χ1n) is 6.10. The standard InChI is InChI=1S/C13H18N2O2/c1-8(2)12(4)10-9(3)14-7-15-11(10)13(17-12)5-16-6-13/h7-8H,5-6H2,1-4H3. The van der Waals surface area contributed by atoms with Crippen molar-refractivity contribution in [2.45, 2.75) is 38.9 Å². The molecule has 1 fully saturated rings. The average molecular weight is 234 g/mol. The molecule has 1 unspecified atom stereocenters. The van der Waals surface area contributed by atoms with Crippen molar-refractivity contribution in [3.05, 3.63) is 23.3 Å². The summed E-state index contributed by atoms with van der Waals surface area (Å²) in [7, 11) is 0. The summed E-state index contributed by atoms with van der Waals surface area (Å²) < 4.78 is 11.7. The van der Waals surface area contributed by atoms with Crippen molar-refractivity contribution >= 4 is 0 Å². The van der Waals surface area contributed by atoms with Gasteiger partial charge < -0.3 is 9.47 Å². The number of ether oxygens (including phenoxy) is 2. The molecule has 3 rings (SSSR count). The Labute approximate surface area is 101 Å². The van der Waals surface area contributed by atoms with Crippen LogP contribution in [0.1, 0.15) is 37.7 Å².